The summed E-state index contributed by atoms with van der Waals surface area (Å²) in [6, 6.07) is 12.4. The molecule has 2 atom stereocenters. The molecule has 0 radical (unpaired) electrons. The van der Waals surface area contributed by atoms with Gasteiger partial charge in [0.2, 0.25) is 0 Å². The number of hydrogen-bond donors (Lipinski definition) is 1. The molecule has 2 aromatic rings. The van der Waals surface area contributed by atoms with E-state index < -0.39 is 0 Å². The van der Waals surface area contributed by atoms with Gasteiger partial charge in [-0.1, -0.05) is 41.4 Å². The molecule has 2 aromatic carbocycles. The third kappa shape index (κ3) is 3.26. The number of β-amino-alcohol motifs (C(OH)–C–C–N with tert-alkyl or cyclic N) is 1. The van der Waals surface area contributed by atoms with E-state index in [0.717, 1.165) is 31.1 Å². The number of rotatable bonds is 2. The number of aliphatic hydroxyl groups is 1. The monoisotopic (exact) mass is 376 g/mol. The van der Waals surface area contributed by atoms with Gasteiger partial charge in [-0.3, -0.25) is 0 Å². The highest BCUT2D eigenvalue weighted by molar-refractivity contribution is 6.35. The summed E-state index contributed by atoms with van der Waals surface area (Å²) < 4.78 is 0. The summed E-state index contributed by atoms with van der Waals surface area (Å²) in [4.78, 5) is 4.60. The van der Waals surface area contributed by atoms with Crippen molar-refractivity contribution in [1.29, 1.82) is 0 Å². The molecule has 0 aliphatic carbocycles. The number of aliphatic hydroxyl groups excluding tert-OH is 1. The average Bonchev–Trinajstić information content (AvgIpc) is 3.01. The first-order valence-corrected chi connectivity index (χ1v) is 9.47. The Hall–Kier alpha value is -1.26. The van der Waals surface area contributed by atoms with Crippen molar-refractivity contribution in [2.75, 3.05) is 31.6 Å². The predicted octanol–water partition coefficient (Wildman–Crippen LogP) is 4.14. The van der Waals surface area contributed by atoms with Gasteiger partial charge in [0.1, 0.15) is 0 Å². The molecule has 1 saturated heterocycles. The molecule has 0 bridgehead atoms. The first-order chi connectivity index (χ1) is 12.0. The Morgan fingerprint density at radius 1 is 1.08 bits per heavy atom. The van der Waals surface area contributed by atoms with Crippen molar-refractivity contribution in [2.24, 2.45) is 0 Å². The lowest BCUT2D eigenvalue weighted by Gasteiger charge is -2.35. The van der Waals surface area contributed by atoms with Crippen LogP contribution in [-0.4, -0.2) is 42.8 Å². The van der Waals surface area contributed by atoms with Crippen molar-refractivity contribution in [2.45, 2.75) is 25.0 Å². The van der Waals surface area contributed by atoms with Crippen LogP contribution in [-0.2, 0) is 6.54 Å². The standard InChI is InChI=1S/C20H22Cl2N2O/c1-23-11-17(16-8-13(21)9-19(22)18(16)12-23)15-4-2-3-5-20(15)24-7-6-14(25)10-24/h2-5,8-9,14,17,25H,6-7,10-12H2,1H3/t14-,17-/m0/s1. The SMILES string of the molecule is CN1Cc2c(Cl)cc(Cl)cc2[C@H](c2ccccc2N2CC[C@H](O)C2)C1. The summed E-state index contributed by atoms with van der Waals surface area (Å²) in [7, 11) is 2.13. The smallest absolute Gasteiger partial charge is 0.0731 e. The number of anilines is 1. The molecule has 3 nitrogen and oxygen atoms in total. The summed E-state index contributed by atoms with van der Waals surface area (Å²) in [5, 5.41) is 11.4. The maximum absolute atomic E-state index is 9.95. The highest BCUT2D eigenvalue weighted by Gasteiger charge is 2.30. The maximum atomic E-state index is 9.95. The van der Waals surface area contributed by atoms with Crippen LogP contribution >= 0.6 is 23.2 Å². The van der Waals surface area contributed by atoms with Crippen LogP contribution in [0.5, 0.6) is 0 Å². The molecular weight excluding hydrogens is 355 g/mol. The number of fused-ring (bicyclic) bond motifs is 1. The largest absolute Gasteiger partial charge is 0.391 e. The van der Waals surface area contributed by atoms with Crippen LogP contribution in [0.25, 0.3) is 0 Å². The van der Waals surface area contributed by atoms with Crippen molar-refractivity contribution < 1.29 is 5.11 Å². The summed E-state index contributed by atoms with van der Waals surface area (Å²) in [5.74, 6) is 0.221. The topological polar surface area (TPSA) is 26.7 Å². The van der Waals surface area contributed by atoms with Gasteiger partial charge in [-0.05, 0) is 48.4 Å². The number of nitrogens with zero attached hydrogens (tertiary/aromatic N) is 2. The molecule has 2 aliphatic rings. The third-order valence-electron chi connectivity index (χ3n) is 5.31. The molecule has 0 aromatic heterocycles. The van der Waals surface area contributed by atoms with Crippen LogP contribution in [0, 0.1) is 0 Å². The fourth-order valence-electron chi connectivity index (χ4n) is 4.14. The van der Waals surface area contributed by atoms with Gasteiger partial charge in [0, 0.05) is 47.8 Å². The fraction of sp³-hybridized carbons (Fsp3) is 0.400. The highest BCUT2D eigenvalue weighted by atomic mass is 35.5. The van der Waals surface area contributed by atoms with E-state index in [1.165, 1.54) is 22.4 Å². The Kier molecular flexibility index (Phi) is 4.67. The summed E-state index contributed by atoms with van der Waals surface area (Å²) >= 11 is 12.8. The zero-order valence-electron chi connectivity index (χ0n) is 14.3. The minimum absolute atomic E-state index is 0.221. The van der Waals surface area contributed by atoms with Crippen molar-refractivity contribution in [3.8, 4) is 0 Å². The van der Waals surface area contributed by atoms with Crippen LogP contribution in [0.4, 0.5) is 5.69 Å². The van der Waals surface area contributed by atoms with Crippen molar-refractivity contribution in [3.05, 3.63) is 63.1 Å². The van der Waals surface area contributed by atoms with Crippen LogP contribution in [0.3, 0.4) is 0 Å². The van der Waals surface area contributed by atoms with E-state index >= 15 is 0 Å². The van der Waals surface area contributed by atoms with Crippen LogP contribution in [0.15, 0.2) is 36.4 Å². The van der Waals surface area contributed by atoms with Gasteiger partial charge in [-0.2, -0.15) is 0 Å². The number of likely N-dealkylation sites (N-methyl/N-ethyl adjacent to an activating group) is 1. The van der Waals surface area contributed by atoms with Gasteiger partial charge in [-0.15, -0.1) is 0 Å². The van der Waals surface area contributed by atoms with Crippen LogP contribution in [0.1, 0.15) is 29.0 Å². The Bertz CT molecular complexity index is 795. The Morgan fingerprint density at radius 3 is 2.64 bits per heavy atom. The molecule has 0 spiro atoms. The molecule has 132 valence electrons. The van der Waals surface area contributed by atoms with Gasteiger partial charge in [0.15, 0.2) is 0 Å². The summed E-state index contributed by atoms with van der Waals surface area (Å²) in [6.45, 7) is 3.36. The third-order valence-corrected chi connectivity index (χ3v) is 5.86. The molecule has 1 N–H and O–H groups in total. The summed E-state index contributed by atoms with van der Waals surface area (Å²) in [6.07, 6.45) is 0.589. The van der Waals surface area contributed by atoms with Crippen LogP contribution < -0.4 is 4.90 Å². The highest BCUT2D eigenvalue weighted by Crippen LogP contribution is 2.41. The number of halogens is 2. The van der Waals surface area contributed by atoms with Crippen molar-refractivity contribution >= 4 is 28.9 Å². The predicted molar refractivity (Wildman–Crippen MR) is 104 cm³/mol. The van der Waals surface area contributed by atoms with E-state index in [-0.39, 0.29) is 12.0 Å². The minimum atomic E-state index is -0.238. The number of para-hydroxylation sites is 1. The van der Waals surface area contributed by atoms with Gasteiger partial charge in [0.25, 0.3) is 0 Å². The lowest BCUT2D eigenvalue weighted by atomic mass is 9.83. The molecule has 1 fully saturated rings. The van der Waals surface area contributed by atoms with Crippen LogP contribution in [0.2, 0.25) is 10.0 Å². The zero-order valence-corrected chi connectivity index (χ0v) is 15.8. The molecule has 0 unspecified atom stereocenters. The second-order valence-electron chi connectivity index (χ2n) is 7.15. The molecule has 4 rings (SSSR count). The second kappa shape index (κ2) is 6.81. The average molecular weight is 377 g/mol. The molecule has 25 heavy (non-hydrogen) atoms. The van der Waals surface area contributed by atoms with E-state index in [4.69, 9.17) is 23.2 Å². The van der Waals surface area contributed by atoms with E-state index in [1.807, 2.05) is 6.07 Å². The minimum Gasteiger partial charge on any atom is -0.391 e. The molecular formula is C20H22Cl2N2O. The Balaban J connectivity index is 1.81. The Labute approximate surface area is 158 Å². The number of hydrogen-bond acceptors (Lipinski definition) is 3. The van der Waals surface area contributed by atoms with Gasteiger partial charge >= 0.3 is 0 Å². The maximum Gasteiger partial charge on any atom is 0.0731 e. The summed E-state index contributed by atoms with van der Waals surface area (Å²) in [5.41, 5.74) is 4.88. The zero-order chi connectivity index (χ0) is 17.6. The fourth-order valence-corrected chi connectivity index (χ4v) is 4.71. The van der Waals surface area contributed by atoms with Gasteiger partial charge in [0.05, 0.1) is 6.10 Å². The number of benzene rings is 2. The normalized spacial score (nSPS) is 23.8. The van der Waals surface area contributed by atoms with Crippen molar-refractivity contribution in [1.82, 2.24) is 4.90 Å². The van der Waals surface area contributed by atoms with Gasteiger partial charge < -0.3 is 14.9 Å². The molecule has 0 saturated carbocycles. The first-order valence-electron chi connectivity index (χ1n) is 8.71. The Morgan fingerprint density at radius 2 is 1.88 bits per heavy atom. The first kappa shape index (κ1) is 17.2. The second-order valence-corrected chi connectivity index (χ2v) is 8.00. The molecule has 2 aliphatic heterocycles. The van der Waals surface area contributed by atoms with E-state index in [9.17, 15) is 5.11 Å². The van der Waals surface area contributed by atoms with Gasteiger partial charge in [-0.25, -0.2) is 0 Å². The molecule has 5 heteroatoms. The molecule has 0 amide bonds. The lowest BCUT2D eigenvalue weighted by Crippen LogP contribution is -2.32. The van der Waals surface area contributed by atoms with E-state index in [2.05, 4.69) is 47.2 Å². The van der Waals surface area contributed by atoms with Crippen molar-refractivity contribution in [3.63, 3.8) is 0 Å². The van der Waals surface area contributed by atoms with E-state index in [1.54, 1.807) is 0 Å². The van der Waals surface area contributed by atoms with E-state index in [0.29, 0.717) is 11.6 Å². The quantitative estimate of drug-likeness (QED) is 0.852. The lowest BCUT2D eigenvalue weighted by molar-refractivity contribution is 0.198. The molecule has 2 heterocycles.